The lowest BCUT2D eigenvalue weighted by atomic mass is 10.1. The summed E-state index contributed by atoms with van der Waals surface area (Å²) in [5.41, 5.74) is 0. The molecule has 0 bridgehead atoms. The third-order valence-electron chi connectivity index (χ3n) is 6.15. The van der Waals surface area contributed by atoms with Gasteiger partial charge in [0.25, 0.3) is 0 Å². The number of hydrogen-bond donors (Lipinski definition) is 0. The van der Waals surface area contributed by atoms with E-state index < -0.39 is 0 Å². The first-order chi connectivity index (χ1) is 16.8. The van der Waals surface area contributed by atoms with Crippen molar-refractivity contribution in [3.05, 3.63) is 12.3 Å². The van der Waals surface area contributed by atoms with Crippen LogP contribution in [0.4, 0.5) is 0 Å². The Morgan fingerprint density at radius 2 is 1.03 bits per heavy atom. The van der Waals surface area contributed by atoms with Crippen LogP contribution < -0.4 is 0 Å². The van der Waals surface area contributed by atoms with Crippen molar-refractivity contribution in [2.24, 2.45) is 0 Å². The molecule has 0 amide bonds. The lowest BCUT2D eigenvalue weighted by Crippen LogP contribution is -2.19. The van der Waals surface area contributed by atoms with Crippen LogP contribution in [0.25, 0.3) is 0 Å². The fourth-order valence-corrected chi connectivity index (χ4v) is 3.90. The molecular weight excluding hydrogens is 424 g/mol. The van der Waals surface area contributed by atoms with E-state index in [-0.39, 0.29) is 6.29 Å². The van der Waals surface area contributed by atoms with Gasteiger partial charge in [0.1, 0.15) is 0 Å². The average Bonchev–Trinajstić information content (AvgIpc) is 2.85. The van der Waals surface area contributed by atoms with Gasteiger partial charge in [-0.1, -0.05) is 104 Å². The highest BCUT2D eigenvalue weighted by molar-refractivity contribution is 4.72. The summed E-state index contributed by atoms with van der Waals surface area (Å²) < 4.78 is 23.1. The van der Waals surface area contributed by atoms with E-state index in [1.165, 1.54) is 83.5 Å². The van der Waals surface area contributed by atoms with Gasteiger partial charge in [0, 0.05) is 13.2 Å². The third kappa shape index (κ3) is 27.7. The molecule has 0 fully saturated rings. The van der Waals surface area contributed by atoms with Gasteiger partial charge in [0.15, 0.2) is 13.1 Å². The fraction of sp³-hybridized carbons (Fsp3) is 0.933. The number of ether oxygens (including phenoxy) is 4. The van der Waals surface area contributed by atoms with Gasteiger partial charge in [-0.05, 0) is 51.0 Å². The van der Waals surface area contributed by atoms with Crippen LogP contribution in [-0.2, 0) is 18.9 Å². The lowest BCUT2D eigenvalue weighted by Gasteiger charge is -2.19. The Bertz CT molecular complexity index is 368. The summed E-state index contributed by atoms with van der Waals surface area (Å²) in [5, 5.41) is 0. The first kappa shape index (κ1) is 33.4. The first-order valence-electron chi connectivity index (χ1n) is 14.9. The first-order valence-corrected chi connectivity index (χ1v) is 14.9. The maximum Gasteiger partial charge on any atom is 0.188 e. The minimum Gasteiger partial charge on any atom is -0.475 e. The molecule has 0 saturated carbocycles. The van der Waals surface area contributed by atoms with E-state index in [1.807, 2.05) is 0 Å². The van der Waals surface area contributed by atoms with E-state index in [0.717, 1.165) is 64.8 Å². The molecule has 0 saturated heterocycles. The molecule has 0 spiro atoms. The van der Waals surface area contributed by atoms with Gasteiger partial charge >= 0.3 is 0 Å². The summed E-state index contributed by atoms with van der Waals surface area (Å²) in [6.07, 6.45) is 28.6. The standard InChI is InChI=1S/C30H60O4/c1-4-7-10-13-16-22-27-33-30(34-28-23-17-14-11-8-5-2)24-19-15-18-21-26-32-29-31-25-20-12-9-6-3/h21,26,30H,4-20,22-25,27-29H2,1-3H3. The van der Waals surface area contributed by atoms with Crippen LogP contribution in [0.2, 0.25) is 0 Å². The number of hydrogen-bond acceptors (Lipinski definition) is 4. The summed E-state index contributed by atoms with van der Waals surface area (Å²) >= 11 is 0. The van der Waals surface area contributed by atoms with Crippen molar-refractivity contribution >= 4 is 0 Å². The molecule has 4 nitrogen and oxygen atoms in total. The predicted molar refractivity (Wildman–Crippen MR) is 146 cm³/mol. The van der Waals surface area contributed by atoms with Gasteiger partial charge in [-0.2, -0.15) is 0 Å². The average molecular weight is 485 g/mol. The van der Waals surface area contributed by atoms with Gasteiger partial charge in [-0.15, -0.1) is 0 Å². The van der Waals surface area contributed by atoms with Crippen molar-refractivity contribution in [2.45, 2.75) is 155 Å². The zero-order valence-corrected chi connectivity index (χ0v) is 23.3. The number of rotatable bonds is 29. The van der Waals surface area contributed by atoms with Crippen LogP contribution in [0.5, 0.6) is 0 Å². The molecule has 0 aliphatic heterocycles. The van der Waals surface area contributed by atoms with Gasteiger partial charge in [-0.3, -0.25) is 0 Å². The minimum absolute atomic E-state index is 0.0346. The second-order valence-corrected chi connectivity index (χ2v) is 9.62. The molecular formula is C30H60O4. The SMILES string of the molecule is CCCCCCCCOC(CCCCC=COCOCCCCCC)OCCCCCCCC. The van der Waals surface area contributed by atoms with E-state index in [9.17, 15) is 0 Å². The molecule has 204 valence electrons. The van der Waals surface area contributed by atoms with E-state index in [2.05, 4.69) is 26.8 Å². The highest BCUT2D eigenvalue weighted by Gasteiger charge is 2.09. The van der Waals surface area contributed by atoms with Crippen LogP contribution in [0.3, 0.4) is 0 Å². The highest BCUT2D eigenvalue weighted by atomic mass is 16.7. The van der Waals surface area contributed by atoms with Crippen molar-refractivity contribution in [2.75, 3.05) is 26.6 Å². The van der Waals surface area contributed by atoms with Crippen molar-refractivity contribution in [3.8, 4) is 0 Å². The van der Waals surface area contributed by atoms with Crippen LogP contribution in [0, 0.1) is 0 Å². The molecule has 0 heterocycles. The number of unbranched alkanes of at least 4 members (excludes halogenated alkanes) is 15. The van der Waals surface area contributed by atoms with Crippen molar-refractivity contribution < 1.29 is 18.9 Å². The van der Waals surface area contributed by atoms with Crippen LogP contribution >= 0.6 is 0 Å². The van der Waals surface area contributed by atoms with Gasteiger partial charge < -0.3 is 18.9 Å². The molecule has 0 atom stereocenters. The molecule has 34 heavy (non-hydrogen) atoms. The molecule has 0 aliphatic rings. The maximum absolute atomic E-state index is 6.12. The van der Waals surface area contributed by atoms with Crippen molar-refractivity contribution in [1.29, 1.82) is 0 Å². The Balaban J connectivity index is 3.84. The maximum atomic E-state index is 6.12. The Labute approximate surface area is 213 Å². The molecule has 0 aromatic heterocycles. The van der Waals surface area contributed by atoms with E-state index in [1.54, 1.807) is 6.26 Å². The monoisotopic (exact) mass is 484 g/mol. The van der Waals surface area contributed by atoms with Crippen LogP contribution in [-0.4, -0.2) is 32.9 Å². The molecule has 0 aromatic carbocycles. The zero-order valence-electron chi connectivity index (χ0n) is 23.3. The molecule has 0 rings (SSSR count). The number of allylic oxidation sites excluding steroid dienone is 1. The normalized spacial score (nSPS) is 11.8. The lowest BCUT2D eigenvalue weighted by molar-refractivity contribution is -0.148. The quantitative estimate of drug-likeness (QED) is 0.0601. The van der Waals surface area contributed by atoms with E-state index in [0.29, 0.717) is 6.79 Å². The predicted octanol–water partition coefficient (Wildman–Crippen LogP) is 9.71. The molecule has 0 unspecified atom stereocenters. The minimum atomic E-state index is -0.0346. The van der Waals surface area contributed by atoms with Crippen LogP contribution in [0.15, 0.2) is 12.3 Å². The Morgan fingerprint density at radius 3 is 1.62 bits per heavy atom. The largest absolute Gasteiger partial charge is 0.475 e. The summed E-state index contributed by atoms with van der Waals surface area (Å²) in [7, 11) is 0. The molecule has 0 radical (unpaired) electrons. The summed E-state index contributed by atoms with van der Waals surface area (Å²) in [5.74, 6) is 0. The topological polar surface area (TPSA) is 36.9 Å². The van der Waals surface area contributed by atoms with E-state index in [4.69, 9.17) is 18.9 Å². The smallest absolute Gasteiger partial charge is 0.188 e. The van der Waals surface area contributed by atoms with Crippen molar-refractivity contribution in [1.82, 2.24) is 0 Å². The molecule has 0 aromatic rings. The van der Waals surface area contributed by atoms with E-state index >= 15 is 0 Å². The van der Waals surface area contributed by atoms with Gasteiger partial charge in [0.2, 0.25) is 0 Å². The zero-order chi connectivity index (χ0) is 24.8. The Kier molecular flexibility index (Phi) is 29.9. The highest BCUT2D eigenvalue weighted by Crippen LogP contribution is 2.13. The molecule has 0 N–H and O–H groups in total. The second kappa shape index (κ2) is 30.5. The second-order valence-electron chi connectivity index (χ2n) is 9.62. The van der Waals surface area contributed by atoms with Gasteiger partial charge in [-0.25, -0.2) is 0 Å². The van der Waals surface area contributed by atoms with Crippen LogP contribution in [0.1, 0.15) is 149 Å². The molecule has 0 aliphatic carbocycles. The van der Waals surface area contributed by atoms with Gasteiger partial charge in [0.05, 0.1) is 12.9 Å². The molecule has 4 heteroatoms. The summed E-state index contributed by atoms with van der Waals surface area (Å²) in [6, 6.07) is 0. The summed E-state index contributed by atoms with van der Waals surface area (Å²) in [6.45, 7) is 9.59. The Hall–Kier alpha value is -0.580. The van der Waals surface area contributed by atoms with Crippen molar-refractivity contribution in [3.63, 3.8) is 0 Å². The third-order valence-corrected chi connectivity index (χ3v) is 6.15. The fourth-order valence-electron chi connectivity index (χ4n) is 3.90. The Morgan fingerprint density at radius 1 is 0.529 bits per heavy atom. The summed E-state index contributed by atoms with van der Waals surface area (Å²) in [4.78, 5) is 0.